The van der Waals surface area contributed by atoms with Crippen LogP contribution in [0.3, 0.4) is 0 Å². The normalized spacial score (nSPS) is 21.8. The van der Waals surface area contributed by atoms with Crippen molar-refractivity contribution in [1.82, 2.24) is 15.3 Å². The van der Waals surface area contributed by atoms with Crippen LogP contribution in [0.25, 0.3) is 0 Å². The SMILES string of the molecule is C=C1CC(OC(=O)C2(c3ccccc3)CCCCCCC2)C1CCNCC(=O)Nc1cnccn1. The quantitative estimate of drug-likeness (QED) is 0.313. The van der Waals surface area contributed by atoms with Gasteiger partial charge in [0.15, 0.2) is 5.82 Å². The first-order valence-electron chi connectivity index (χ1n) is 12.8. The molecule has 7 heteroatoms. The summed E-state index contributed by atoms with van der Waals surface area (Å²) in [4.78, 5) is 33.8. The number of hydrogen-bond acceptors (Lipinski definition) is 6. The van der Waals surface area contributed by atoms with Crippen molar-refractivity contribution in [3.05, 3.63) is 66.6 Å². The van der Waals surface area contributed by atoms with Crippen LogP contribution in [0.15, 0.2) is 61.1 Å². The van der Waals surface area contributed by atoms with Crippen molar-refractivity contribution in [1.29, 1.82) is 0 Å². The molecular formula is C28H36N4O3. The van der Waals surface area contributed by atoms with Crippen LogP contribution >= 0.6 is 0 Å². The lowest BCUT2D eigenvalue weighted by atomic mass is 9.70. The Bertz CT molecular complexity index is 988. The molecule has 2 aliphatic rings. The van der Waals surface area contributed by atoms with E-state index in [-0.39, 0.29) is 30.4 Å². The minimum absolute atomic E-state index is 0.0793. The van der Waals surface area contributed by atoms with E-state index in [9.17, 15) is 9.59 Å². The van der Waals surface area contributed by atoms with Crippen molar-refractivity contribution >= 4 is 17.7 Å². The van der Waals surface area contributed by atoms with Crippen molar-refractivity contribution < 1.29 is 14.3 Å². The minimum Gasteiger partial charge on any atom is -0.461 e. The number of benzene rings is 1. The van der Waals surface area contributed by atoms with Gasteiger partial charge in [0, 0.05) is 24.7 Å². The van der Waals surface area contributed by atoms with Crippen molar-refractivity contribution in [2.75, 3.05) is 18.4 Å². The van der Waals surface area contributed by atoms with Gasteiger partial charge in [-0.1, -0.05) is 74.6 Å². The molecule has 2 unspecified atom stereocenters. The number of amides is 1. The third-order valence-corrected chi connectivity index (χ3v) is 7.37. The summed E-state index contributed by atoms with van der Waals surface area (Å²) in [6.45, 7) is 4.98. The summed E-state index contributed by atoms with van der Waals surface area (Å²) in [6.07, 6.45) is 13.3. The number of nitrogens with one attached hydrogen (secondary N) is 2. The number of carbonyl (C=O) groups is 2. The number of rotatable bonds is 9. The van der Waals surface area contributed by atoms with Crippen LogP contribution in [-0.4, -0.2) is 41.0 Å². The Kier molecular flexibility index (Phi) is 8.64. The molecular weight excluding hydrogens is 440 g/mol. The maximum atomic E-state index is 13.7. The number of aromatic nitrogens is 2. The van der Waals surface area contributed by atoms with Crippen LogP contribution in [0.4, 0.5) is 5.82 Å². The first-order chi connectivity index (χ1) is 17.1. The first kappa shape index (κ1) is 25.0. The van der Waals surface area contributed by atoms with E-state index < -0.39 is 5.41 Å². The average molecular weight is 477 g/mol. The number of nitrogens with zero attached hydrogens (tertiary/aromatic N) is 2. The average Bonchev–Trinajstić information content (AvgIpc) is 2.85. The minimum atomic E-state index is -0.556. The summed E-state index contributed by atoms with van der Waals surface area (Å²) in [5.41, 5.74) is 1.64. The second-order valence-electron chi connectivity index (χ2n) is 9.73. The molecule has 4 rings (SSSR count). The molecule has 2 saturated carbocycles. The predicted octanol–water partition coefficient (Wildman–Crippen LogP) is 4.57. The van der Waals surface area contributed by atoms with E-state index >= 15 is 0 Å². The molecule has 0 saturated heterocycles. The monoisotopic (exact) mass is 476 g/mol. The fraction of sp³-hybridized carbons (Fsp3) is 0.500. The van der Waals surface area contributed by atoms with Crippen LogP contribution in [0.1, 0.15) is 63.4 Å². The number of ether oxygens (including phenoxy) is 1. The van der Waals surface area contributed by atoms with Crippen LogP contribution in [0.5, 0.6) is 0 Å². The van der Waals surface area contributed by atoms with Gasteiger partial charge in [-0.15, -0.1) is 0 Å². The van der Waals surface area contributed by atoms with Gasteiger partial charge in [-0.25, -0.2) is 4.98 Å². The maximum absolute atomic E-state index is 13.7. The highest BCUT2D eigenvalue weighted by atomic mass is 16.5. The van der Waals surface area contributed by atoms with Crippen LogP contribution in [0.2, 0.25) is 0 Å². The molecule has 2 aliphatic carbocycles. The summed E-state index contributed by atoms with van der Waals surface area (Å²) in [7, 11) is 0. The molecule has 0 radical (unpaired) electrons. The summed E-state index contributed by atoms with van der Waals surface area (Å²) >= 11 is 0. The molecule has 2 fully saturated rings. The molecule has 35 heavy (non-hydrogen) atoms. The van der Waals surface area contributed by atoms with E-state index in [0.717, 1.165) is 43.2 Å². The number of anilines is 1. The Morgan fingerprint density at radius 3 is 2.49 bits per heavy atom. The summed E-state index contributed by atoms with van der Waals surface area (Å²) in [6, 6.07) is 10.2. The van der Waals surface area contributed by atoms with Gasteiger partial charge < -0.3 is 15.4 Å². The Balaban J connectivity index is 1.30. The molecule has 2 atom stereocenters. The number of hydrogen-bond donors (Lipinski definition) is 2. The lowest BCUT2D eigenvalue weighted by Gasteiger charge is -2.42. The standard InChI is InChI=1S/C28H36N4O3/c1-21-18-24(23(21)12-15-29-20-26(33)32-25-19-30-16-17-31-25)35-27(34)28(22-10-6-5-7-11-22)13-8-3-2-4-9-14-28/h5-7,10-11,16-17,19,23-24,29H,1-4,8-9,12-15,18,20H2,(H,31,32,33). The lowest BCUT2D eigenvalue weighted by Crippen LogP contribution is -2.46. The fourth-order valence-electron chi connectivity index (χ4n) is 5.31. The molecule has 1 aromatic heterocycles. The van der Waals surface area contributed by atoms with Crippen molar-refractivity contribution in [2.45, 2.75) is 69.3 Å². The van der Waals surface area contributed by atoms with E-state index in [1.165, 1.54) is 31.7 Å². The molecule has 0 aliphatic heterocycles. The van der Waals surface area contributed by atoms with Gasteiger partial charge in [-0.05, 0) is 31.4 Å². The van der Waals surface area contributed by atoms with Gasteiger partial charge in [0.25, 0.3) is 0 Å². The van der Waals surface area contributed by atoms with E-state index in [4.69, 9.17) is 4.74 Å². The van der Waals surface area contributed by atoms with Gasteiger partial charge in [0.05, 0.1) is 18.2 Å². The van der Waals surface area contributed by atoms with Gasteiger partial charge in [-0.3, -0.25) is 14.6 Å². The zero-order chi connectivity index (χ0) is 24.5. The highest BCUT2D eigenvalue weighted by Gasteiger charge is 2.45. The predicted molar refractivity (Wildman–Crippen MR) is 136 cm³/mol. The second kappa shape index (κ2) is 12.1. The summed E-state index contributed by atoms with van der Waals surface area (Å²) in [5, 5.41) is 5.87. The molecule has 2 N–H and O–H groups in total. The fourth-order valence-corrected chi connectivity index (χ4v) is 5.31. The third-order valence-electron chi connectivity index (χ3n) is 7.37. The lowest BCUT2D eigenvalue weighted by molar-refractivity contribution is -0.162. The van der Waals surface area contributed by atoms with Crippen LogP contribution in [0, 0.1) is 5.92 Å². The Hall–Kier alpha value is -3.06. The van der Waals surface area contributed by atoms with Gasteiger partial charge >= 0.3 is 5.97 Å². The molecule has 7 nitrogen and oxygen atoms in total. The molecule has 0 spiro atoms. The summed E-state index contributed by atoms with van der Waals surface area (Å²) < 4.78 is 6.20. The van der Waals surface area contributed by atoms with Crippen LogP contribution in [-0.2, 0) is 19.7 Å². The van der Waals surface area contributed by atoms with E-state index in [1.54, 1.807) is 6.20 Å². The van der Waals surface area contributed by atoms with Gasteiger partial charge in [0.2, 0.25) is 5.91 Å². The third kappa shape index (κ3) is 6.34. The molecule has 1 heterocycles. The van der Waals surface area contributed by atoms with Crippen molar-refractivity contribution in [2.24, 2.45) is 5.92 Å². The van der Waals surface area contributed by atoms with E-state index in [2.05, 4.69) is 39.3 Å². The maximum Gasteiger partial charge on any atom is 0.316 e. The topological polar surface area (TPSA) is 93.2 Å². The second-order valence-corrected chi connectivity index (χ2v) is 9.73. The largest absolute Gasteiger partial charge is 0.461 e. The number of esters is 1. The Morgan fingerprint density at radius 2 is 1.80 bits per heavy atom. The summed E-state index contributed by atoms with van der Waals surface area (Å²) in [5.74, 6) is 0.301. The molecule has 2 aromatic rings. The molecule has 1 amide bonds. The zero-order valence-corrected chi connectivity index (χ0v) is 20.4. The Labute approximate surface area is 207 Å². The Morgan fingerprint density at radius 1 is 1.06 bits per heavy atom. The molecule has 0 bridgehead atoms. The van der Waals surface area contributed by atoms with E-state index in [0.29, 0.717) is 18.8 Å². The zero-order valence-electron chi connectivity index (χ0n) is 20.4. The highest BCUT2D eigenvalue weighted by molar-refractivity contribution is 5.91. The van der Waals surface area contributed by atoms with Crippen molar-refractivity contribution in [3.63, 3.8) is 0 Å². The molecule has 1 aromatic carbocycles. The van der Waals surface area contributed by atoms with Gasteiger partial charge in [0.1, 0.15) is 6.10 Å². The number of carbonyl (C=O) groups excluding carboxylic acids is 2. The van der Waals surface area contributed by atoms with Gasteiger partial charge in [-0.2, -0.15) is 0 Å². The molecule has 186 valence electrons. The highest BCUT2D eigenvalue weighted by Crippen LogP contribution is 2.43. The van der Waals surface area contributed by atoms with Crippen molar-refractivity contribution in [3.8, 4) is 0 Å². The smallest absolute Gasteiger partial charge is 0.316 e. The van der Waals surface area contributed by atoms with E-state index in [1.807, 2.05) is 18.2 Å². The first-order valence-corrected chi connectivity index (χ1v) is 12.8. The van der Waals surface area contributed by atoms with Crippen LogP contribution < -0.4 is 10.6 Å².